The van der Waals surface area contributed by atoms with Crippen molar-refractivity contribution in [3.05, 3.63) is 23.8 Å². The van der Waals surface area contributed by atoms with Crippen LogP contribution < -0.4 is 9.47 Å². The Bertz CT molecular complexity index is 352. The highest BCUT2D eigenvalue weighted by molar-refractivity contribution is 6.17. The molecule has 1 rings (SSSR count). The number of alkyl halides is 4. The van der Waals surface area contributed by atoms with Gasteiger partial charge in [-0.05, 0) is 18.2 Å². The Labute approximate surface area is 95.9 Å². The van der Waals surface area contributed by atoms with Gasteiger partial charge in [0.1, 0.15) is 11.5 Å². The molecule has 90 valence electrons. The molecule has 6 heteroatoms. The predicted molar refractivity (Wildman–Crippen MR) is 54.1 cm³/mol. The van der Waals surface area contributed by atoms with Gasteiger partial charge in [0.25, 0.3) is 0 Å². The molecule has 0 saturated heterocycles. The molecule has 0 aliphatic heterocycles. The maximum Gasteiger partial charge on any atom is 0.422 e. The molecular weight excluding hydrogens is 245 g/mol. The smallest absolute Gasteiger partial charge is 0.422 e. The Morgan fingerprint density at radius 3 is 2.50 bits per heavy atom. The van der Waals surface area contributed by atoms with Crippen LogP contribution >= 0.6 is 11.6 Å². The van der Waals surface area contributed by atoms with Gasteiger partial charge in [0.2, 0.25) is 0 Å². The highest BCUT2D eigenvalue weighted by atomic mass is 35.5. The Balaban J connectivity index is 2.79. The van der Waals surface area contributed by atoms with Crippen LogP contribution in [0, 0.1) is 0 Å². The molecule has 0 amide bonds. The van der Waals surface area contributed by atoms with Crippen LogP contribution in [0.2, 0.25) is 0 Å². The van der Waals surface area contributed by atoms with Gasteiger partial charge in [0, 0.05) is 5.56 Å². The monoisotopic (exact) mass is 254 g/mol. The lowest BCUT2D eigenvalue weighted by molar-refractivity contribution is -0.153. The van der Waals surface area contributed by atoms with Crippen molar-refractivity contribution in [3.63, 3.8) is 0 Å². The molecule has 0 fully saturated rings. The summed E-state index contributed by atoms with van der Waals surface area (Å²) < 4.78 is 45.4. The fourth-order valence-corrected chi connectivity index (χ4v) is 1.30. The lowest BCUT2D eigenvalue weighted by atomic mass is 10.2. The van der Waals surface area contributed by atoms with Gasteiger partial charge in [0.05, 0.1) is 13.0 Å². The third-order valence-electron chi connectivity index (χ3n) is 1.80. The summed E-state index contributed by atoms with van der Waals surface area (Å²) in [5.41, 5.74) is 0.463. The number of benzene rings is 1. The normalized spacial score (nSPS) is 11.3. The van der Waals surface area contributed by atoms with Crippen LogP contribution in [0.25, 0.3) is 0 Å². The van der Waals surface area contributed by atoms with Crippen molar-refractivity contribution >= 4 is 11.6 Å². The first-order valence-electron chi connectivity index (χ1n) is 4.38. The third kappa shape index (κ3) is 3.81. The largest absolute Gasteiger partial charge is 0.497 e. The van der Waals surface area contributed by atoms with E-state index in [1.54, 1.807) is 6.07 Å². The molecule has 16 heavy (non-hydrogen) atoms. The number of hydrogen-bond acceptors (Lipinski definition) is 2. The van der Waals surface area contributed by atoms with Crippen LogP contribution in [0.3, 0.4) is 0 Å². The first-order chi connectivity index (χ1) is 7.46. The number of ether oxygens (including phenoxy) is 2. The summed E-state index contributed by atoms with van der Waals surface area (Å²) in [5.74, 6) is 0.702. The molecular formula is C10H10ClF3O2. The Hall–Kier alpha value is -1.10. The van der Waals surface area contributed by atoms with E-state index in [9.17, 15) is 13.2 Å². The van der Waals surface area contributed by atoms with Crippen molar-refractivity contribution in [2.24, 2.45) is 0 Å². The fourth-order valence-electron chi connectivity index (χ4n) is 1.09. The predicted octanol–water partition coefficient (Wildman–Crippen LogP) is 3.38. The summed E-state index contributed by atoms with van der Waals surface area (Å²) in [4.78, 5) is 0. The SMILES string of the molecule is COc1ccc(OCC(F)(F)F)c(CCl)c1. The summed E-state index contributed by atoms with van der Waals surface area (Å²) >= 11 is 5.59. The molecule has 0 radical (unpaired) electrons. The zero-order valence-electron chi connectivity index (χ0n) is 8.47. The van der Waals surface area contributed by atoms with Gasteiger partial charge in [-0.3, -0.25) is 0 Å². The second kappa shape index (κ2) is 5.30. The van der Waals surface area contributed by atoms with E-state index in [-0.39, 0.29) is 11.6 Å². The standard InChI is InChI=1S/C10H10ClF3O2/c1-15-8-2-3-9(7(4-8)5-11)16-6-10(12,13)14/h2-4H,5-6H2,1H3. The van der Waals surface area contributed by atoms with Crippen molar-refractivity contribution in [3.8, 4) is 11.5 Å². The van der Waals surface area contributed by atoms with Gasteiger partial charge in [-0.2, -0.15) is 13.2 Å². The lowest BCUT2D eigenvalue weighted by Crippen LogP contribution is -2.19. The average Bonchev–Trinajstić information content (AvgIpc) is 2.25. The van der Waals surface area contributed by atoms with E-state index in [2.05, 4.69) is 4.74 Å². The lowest BCUT2D eigenvalue weighted by Gasteiger charge is -2.12. The van der Waals surface area contributed by atoms with Crippen LogP contribution in [0.4, 0.5) is 13.2 Å². The fraction of sp³-hybridized carbons (Fsp3) is 0.400. The second-order valence-corrected chi connectivity index (χ2v) is 3.28. The summed E-state index contributed by atoms with van der Waals surface area (Å²) in [6.07, 6.45) is -4.36. The van der Waals surface area contributed by atoms with Gasteiger partial charge in [-0.15, -0.1) is 11.6 Å². The minimum Gasteiger partial charge on any atom is -0.497 e. The second-order valence-electron chi connectivity index (χ2n) is 3.01. The number of hydrogen-bond donors (Lipinski definition) is 0. The van der Waals surface area contributed by atoms with Gasteiger partial charge < -0.3 is 9.47 Å². The number of methoxy groups -OCH3 is 1. The summed E-state index contributed by atoms with van der Waals surface area (Å²) in [7, 11) is 1.46. The first-order valence-corrected chi connectivity index (χ1v) is 4.92. The molecule has 1 aromatic rings. The average molecular weight is 255 g/mol. The van der Waals surface area contributed by atoms with Crippen molar-refractivity contribution in [1.82, 2.24) is 0 Å². The summed E-state index contributed by atoms with van der Waals surface area (Å²) in [6, 6.07) is 4.46. The highest BCUT2D eigenvalue weighted by Crippen LogP contribution is 2.27. The molecule has 0 aliphatic carbocycles. The van der Waals surface area contributed by atoms with E-state index in [1.807, 2.05) is 0 Å². The molecule has 1 aromatic carbocycles. The summed E-state index contributed by atoms with van der Waals surface area (Å²) in [6.45, 7) is -1.33. The maximum absolute atomic E-state index is 11.9. The zero-order chi connectivity index (χ0) is 12.2. The minimum absolute atomic E-state index is 0.0599. The van der Waals surface area contributed by atoms with E-state index < -0.39 is 12.8 Å². The van der Waals surface area contributed by atoms with Crippen LogP contribution in [-0.4, -0.2) is 19.9 Å². The maximum atomic E-state index is 11.9. The Morgan fingerprint density at radius 2 is 2.00 bits per heavy atom. The van der Waals surface area contributed by atoms with Crippen molar-refractivity contribution < 1.29 is 22.6 Å². The minimum atomic E-state index is -4.36. The molecule has 0 N–H and O–H groups in total. The van der Waals surface area contributed by atoms with Gasteiger partial charge in [-0.1, -0.05) is 0 Å². The molecule has 0 bridgehead atoms. The molecule has 0 saturated carbocycles. The molecule has 0 atom stereocenters. The third-order valence-corrected chi connectivity index (χ3v) is 2.09. The molecule has 0 aliphatic rings. The zero-order valence-corrected chi connectivity index (χ0v) is 9.23. The van der Waals surface area contributed by atoms with Crippen molar-refractivity contribution in [1.29, 1.82) is 0 Å². The Morgan fingerprint density at radius 1 is 1.31 bits per heavy atom. The van der Waals surface area contributed by atoms with Crippen LogP contribution in [0.5, 0.6) is 11.5 Å². The first kappa shape index (κ1) is 13.0. The van der Waals surface area contributed by atoms with Gasteiger partial charge in [0.15, 0.2) is 6.61 Å². The van der Waals surface area contributed by atoms with Crippen LogP contribution in [0.15, 0.2) is 18.2 Å². The van der Waals surface area contributed by atoms with Crippen LogP contribution in [-0.2, 0) is 5.88 Å². The highest BCUT2D eigenvalue weighted by Gasteiger charge is 2.28. The topological polar surface area (TPSA) is 18.5 Å². The Kier molecular flexibility index (Phi) is 4.29. The van der Waals surface area contributed by atoms with E-state index in [0.717, 1.165) is 0 Å². The van der Waals surface area contributed by atoms with E-state index in [1.165, 1.54) is 19.2 Å². The van der Waals surface area contributed by atoms with Crippen molar-refractivity contribution in [2.45, 2.75) is 12.1 Å². The molecule has 0 heterocycles. The number of halogens is 4. The van der Waals surface area contributed by atoms with E-state index >= 15 is 0 Å². The van der Waals surface area contributed by atoms with Crippen molar-refractivity contribution in [2.75, 3.05) is 13.7 Å². The van der Waals surface area contributed by atoms with Gasteiger partial charge in [-0.25, -0.2) is 0 Å². The molecule has 2 nitrogen and oxygen atoms in total. The molecule has 0 unspecified atom stereocenters. The quantitative estimate of drug-likeness (QED) is 0.767. The number of rotatable bonds is 4. The van der Waals surface area contributed by atoms with E-state index in [4.69, 9.17) is 16.3 Å². The van der Waals surface area contributed by atoms with Gasteiger partial charge >= 0.3 is 6.18 Å². The molecule has 0 aromatic heterocycles. The molecule has 0 spiro atoms. The summed E-state index contributed by atoms with van der Waals surface area (Å²) in [5, 5.41) is 0. The van der Waals surface area contributed by atoms with Crippen LogP contribution in [0.1, 0.15) is 5.56 Å². The van der Waals surface area contributed by atoms with E-state index in [0.29, 0.717) is 11.3 Å².